The quantitative estimate of drug-likeness (QED) is 0.132. The molecule has 0 aromatic heterocycles. The van der Waals surface area contributed by atoms with Crippen molar-refractivity contribution in [1.29, 1.82) is 0 Å². The van der Waals surface area contributed by atoms with Crippen molar-refractivity contribution in [1.82, 2.24) is 9.62 Å². The van der Waals surface area contributed by atoms with Crippen LogP contribution in [0.15, 0.2) is 29.4 Å². The van der Waals surface area contributed by atoms with Crippen LogP contribution in [0.5, 0.6) is 0 Å². The van der Waals surface area contributed by atoms with Crippen LogP contribution in [0.2, 0.25) is 0 Å². The second kappa shape index (κ2) is 13.0. The van der Waals surface area contributed by atoms with E-state index in [2.05, 4.69) is 14.7 Å². The Labute approximate surface area is 181 Å². The Morgan fingerprint density at radius 1 is 0.968 bits per heavy atom. The molecule has 1 aliphatic heterocycles. The fraction of sp³-hybridized carbons (Fsp3) is 0.579. The fourth-order valence-electron chi connectivity index (χ4n) is 2.99. The molecule has 12 heteroatoms. The maximum Gasteiger partial charge on any atom is 0.261 e. The van der Waals surface area contributed by atoms with Crippen molar-refractivity contribution in [2.75, 3.05) is 51.8 Å². The van der Waals surface area contributed by atoms with E-state index >= 15 is 0 Å². The first kappa shape index (κ1) is 24.8. The van der Waals surface area contributed by atoms with Crippen molar-refractivity contribution < 1.29 is 27.5 Å². The van der Waals surface area contributed by atoms with Gasteiger partial charge in [-0.15, -0.1) is 0 Å². The molecule has 0 radical (unpaired) electrons. The van der Waals surface area contributed by atoms with Gasteiger partial charge < -0.3 is 9.47 Å². The summed E-state index contributed by atoms with van der Waals surface area (Å²) in [5.41, 5.74) is 8.94. The molecule has 2 rings (SSSR count). The zero-order chi connectivity index (χ0) is 22.5. The lowest BCUT2D eigenvalue weighted by Gasteiger charge is -2.13. The fourth-order valence-corrected chi connectivity index (χ4v) is 4.12. The van der Waals surface area contributed by atoms with Gasteiger partial charge in [0.2, 0.25) is 10.0 Å². The van der Waals surface area contributed by atoms with E-state index in [4.69, 9.17) is 15.0 Å². The molecule has 170 valence electrons. The highest BCUT2D eigenvalue weighted by molar-refractivity contribution is 7.89. The lowest BCUT2D eigenvalue weighted by atomic mass is 10.1. The number of benzene rings is 1. The van der Waals surface area contributed by atoms with E-state index in [1.807, 2.05) is 0 Å². The number of nitrogens with zero attached hydrogens (tertiary/aromatic N) is 4. The van der Waals surface area contributed by atoms with Crippen molar-refractivity contribution in [2.45, 2.75) is 19.3 Å². The number of nitrogens with one attached hydrogen (secondary N) is 1. The molecule has 0 fully saturated rings. The average Bonchev–Trinajstić information content (AvgIpc) is 2.99. The number of hydrogen-bond acceptors (Lipinski definition) is 7. The van der Waals surface area contributed by atoms with Gasteiger partial charge in [0.25, 0.3) is 11.8 Å². The van der Waals surface area contributed by atoms with Crippen LogP contribution in [0.3, 0.4) is 0 Å². The minimum atomic E-state index is -3.41. The van der Waals surface area contributed by atoms with Crippen LogP contribution in [0.25, 0.3) is 10.4 Å². The monoisotopic (exact) mass is 453 g/mol. The first-order valence-electron chi connectivity index (χ1n) is 10.0. The summed E-state index contributed by atoms with van der Waals surface area (Å²) in [4.78, 5) is 28.3. The molecule has 0 aliphatic carbocycles. The molecule has 11 nitrogen and oxygen atoms in total. The minimum Gasteiger partial charge on any atom is -0.379 e. The molecule has 0 bridgehead atoms. The molecule has 2 amide bonds. The van der Waals surface area contributed by atoms with Crippen LogP contribution in [0.1, 0.15) is 40.0 Å². The molecular formula is C19H27N5O6S. The number of carbonyl (C=O) groups is 2. The highest BCUT2D eigenvalue weighted by Gasteiger charge is 2.34. The molecule has 0 atom stereocenters. The third-order valence-corrected chi connectivity index (χ3v) is 5.98. The summed E-state index contributed by atoms with van der Waals surface area (Å²) in [5, 5.41) is 3.32. The first-order valence-corrected chi connectivity index (χ1v) is 11.7. The minimum absolute atomic E-state index is 0.0301. The van der Waals surface area contributed by atoms with Gasteiger partial charge in [-0.2, -0.15) is 0 Å². The molecular weight excluding hydrogens is 426 g/mol. The first-order chi connectivity index (χ1) is 15.0. The maximum atomic E-state index is 12.3. The van der Waals surface area contributed by atoms with Gasteiger partial charge in [0, 0.05) is 24.5 Å². The Morgan fingerprint density at radius 3 is 2.26 bits per heavy atom. The number of rotatable bonds is 16. The van der Waals surface area contributed by atoms with Crippen LogP contribution in [-0.2, 0) is 19.5 Å². The Kier molecular flexibility index (Phi) is 10.4. The molecule has 1 N–H and O–H groups in total. The summed E-state index contributed by atoms with van der Waals surface area (Å²) in [5.74, 6) is -0.621. The Morgan fingerprint density at radius 2 is 1.61 bits per heavy atom. The second-order valence-corrected chi connectivity index (χ2v) is 8.69. The van der Waals surface area contributed by atoms with Crippen molar-refractivity contribution in [3.8, 4) is 0 Å². The highest BCUT2D eigenvalue weighted by atomic mass is 32.2. The van der Waals surface area contributed by atoms with Gasteiger partial charge in [-0.05, 0) is 30.5 Å². The predicted molar refractivity (Wildman–Crippen MR) is 113 cm³/mol. The predicted octanol–water partition coefficient (Wildman–Crippen LogP) is 1.72. The lowest BCUT2D eigenvalue weighted by molar-refractivity contribution is 0.0531. The third-order valence-electron chi connectivity index (χ3n) is 4.51. The lowest BCUT2D eigenvalue weighted by Crippen LogP contribution is -2.31. The van der Waals surface area contributed by atoms with Crippen LogP contribution < -0.4 is 4.72 Å². The SMILES string of the molecule is [N-]=[N+]=NCCOCCOCCNS(=O)(=O)CCCCCN1C(=O)c2ccccc2C1=O. The summed E-state index contributed by atoms with van der Waals surface area (Å²) in [6, 6.07) is 6.71. The maximum absolute atomic E-state index is 12.3. The van der Waals surface area contributed by atoms with Crippen LogP contribution in [0.4, 0.5) is 0 Å². The molecule has 0 saturated carbocycles. The number of fused-ring (bicyclic) bond motifs is 1. The summed E-state index contributed by atoms with van der Waals surface area (Å²) < 4.78 is 36.9. The van der Waals surface area contributed by atoms with E-state index in [1.165, 1.54) is 4.90 Å². The van der Waals surface area contributed by atoms with E-state index in [0.717, 1.165) is 0 Å². The molecule has 1 aliphatic rings. The van der Waals surface area contributed by atoms with Crippen molar-refractivity contribution in [3.63, 3.8) is 0 Å². The van der Waals surface area contributed by atoms with Crippen LogP contribution in [0, 0.1) is 0 Å². The van der Waals surface area contributed by atoms with Gasteiger partial charge in [0.1, 0.15) is 0 Å². The summed E-state index contributed by atoms with van der Waals surface area (Å²) in [6.07, 6.45) is 1.56. The second-order valence-electron chi connectivity index (χ2n) is 6.76. The number of azide groups is 1. The van der Waals surface area contributed by atoms with Crippen LogP contribution >= 0.6 is 0 Å². The van der Waals surface area contributed by atoms with Gasteiger partial charge >= 0.3 is 0 Å². The molecule has 0 spiro atoms. The van der Waals surface area contributed by atoms with Gasteiger partial charge in [-0.1, -0.05) is 23.7 Å². The van der Waals surface area contributed by atoms with E-state index < -0.39 is 10.0 Å². The zero-order valence-electron chi connectivity index (χ0n) is 17.2. The number of ether oxygens (including phenoxy) is 2. The van der Waals surface area contributed by atoms with Gasteiger partial charge in [0.15, 0.2) is 0 Å². The van der Waals surface area contributed by atoms with Crippen LogP contribution in [-0.4, -0.2) is 76.9 Å². The Bertz CT molecular complexity index is 866. The summed E-state index contributed by atoms with van der Waals surface area (Å²) in [6.45, 7) is 1.88. The highest BCUT2D eigenvalue weighted by Crippen LogP contribution is 2.22. The van der Waals surface area contributed by atoms with Gasteiger partial charge in [-0.3, -0.25) is 14.5 Å². The molecule has 0 unspecified atom stereocenters. The zero-order valence-corrected chi connectivity index (χ0v) is 18.1. The van der Waals surface area contributed by atoms with E-state index in [1.54, 1.807) is 24.3 Å². The van der Waals surface area contributed by atoms with Crippen molar-refractivity contribution >= 4 is 21.8 Å². The molecule has 0 saturated heterocycles. The molecule has 1 heterocycles. The van der Waals surface area contributed by atoms with E-state index in [9.17, 15) is 18.0 Å². The molecule has 1 aromatic rings. The molecule has 1 aromatic carbocycles. The van der Waals surface area contributed by atoms with Gasteiger partial charge in [-0.25, -0.2) is 13.1 Å². The number of sulfonamides is 1. The number of hydrogen-bond donors (Lipinski definition) is 1. The normalized spacial score (nSPS) is 13.4. The Hall–Kier alpha value is -2.50. The number of carbonyl (C=O) groups excluding carboxylic acids is 2. The average molecular weight is 454 g/mol. The van der Waals surface area contributed by atoms with E-state index in [-0.39, 0.29) is 43.8 Å². The molecule has 31 heavy (non-hydrogen) atoms. The standard InChI is InChI=1S/C19H27N5O6S/c20-23-21-8-11-29-13-14-30-12-9-22-31(27,28)15-5-1-4-10-24-18(25)16-6-2-3-7-17(16)19(24)26/h2-3,6-7,22H,1,4-5,8-15H2. The van der Waals surface area contributed by atoms with Crippen molar-refractivity contribution in [3.05, 3.63) is 45.8 Å². The van der Waals surface area contributed by atoms with E-state index in [0.29, 0.717) is 50.2 Å². The summed E-state index contributed by atoms with van der Waals surface area (Å²) in [7, 11) is -3.41. The summed E-state index contributed by atoms with van der Waals surface area (Å²) >= 11 is 0. The third kappa shape index (κ3) is 8.27. The number of imide groups is 1. The topological polar surface area (TPSA) is 151 Å². The smallest absolute Gasteiger partial charge is 0.261 e. The van der Waals surface area contributed by atoms with Gasteiger partial charge in [0.05, 0.1) is 43.3 Å². The largest absolute Gasteiger partial charge is 0.379 e. The Balaban J connectivity index is 1.52. The number of unbranched alkanes of at least 4 members (excludes halogenated alkanes) is 2. The number of amides is 2. The van der Waals surface area contributed by atoms with Crippen molar-refractivity contribution in [2.24, 2.45) is 5.11 Å².